The summed E-state index contributed by atoms with van der Waals surface area (Å²) in [6, 6.07) is 5.78. The molecule has 0 aliphatic carbocycles. The molecule has 0 saturated carbocycles. The summed E-state index contributed by atoms with van der Waals surface area (Å²) in [5.74, 6) is 0.0930. The number of amides is 2. The number of benzene rings is 1. The van der Waals surface area contributed by atoms with Gasteiger partial charge in [0.15, 0.2) is 0 Å². The van der Waals surface area contributed by atoms with Crippen molar-refractivity contribution in [3.05, 3.63) is 24.3 Å². The highest BCUT2D eigenvalue weighted by Gasteiger charge is 2.24. The molecule has 0 aliphatic rings. The van der Waals surface area contributed by atoms with Crippen LogP contribution in [0.3, 0.4) is 0 Å². The van der Waals surface area contributed by atoms with Crippen molar-refractivity contribution in [3.63, 3.8) is 0 Å². The smallest absolute Gasteiger partial charge is 0.328 e. The summed E-state index contributed by atoms with van der Waals surface area (Å²) in [5, 5.41) is 5.23. The number of ether oxygens (including phenoxy) is 2. The van der Waals surface area contributed by atoms with Crippen molar-refractivity contribution in [2.75, 3.05) is 19.5 Å². The van der Waals surface area contributed by atoms with Gasteiger partial charge < -0.3 is 20.1 Å². The molecule has 1 rings (SSSR count). The lowest BCUT2D eigenvalue weighted by atomic mass is 10.1. The fraction of sp³-hybridized carbons (Fsp3) is 0.429. The normalized spacial score (nSPS) is 11.7. The summed E-state index contributed by atoms with van der Waals surface area (Å²) >= 11 is 0. The van der Waals surface area contributed by atoms with Crippen LogP contribution in [0.15, 0.2) is 24.3 Å². The summed E-state index contributed by atoms with van der Waals surface area (Å²) < 4.78 is 9.73. The monoisotopic (exact) mass is 280 g/mol. The van der Waals surface area contributed by atoms with E-state index in [9.17, 15) is 9.59 Å². The zero-order valence-corrected chi connectivity index (χ0v) is 12.1. The van der Waals surface area contributed by atoms with Gasteiger partial charge in [-0.2, -0.15) is 0 Å². The fourth-order valence-electron chi connectivity index (χ4n) is 1.63. The average Bonchev–Trinajstić information content (AvgIpc) is 2.43. The van der Waals surface area contributed by atoms with Gasteiger partial charge in [0.1, 0.15) is 11.8 Å². The van der Waals surface area contributed by atoms with Gasteiger partial charge in [-0.1, -0.05) is 19.9 Å². The van der Waals surface area contributed by atoms with E-state index in [0.29, 0.717) is 11.4 Å². The van der Waals surface area contributed by atoms with E-state index >= 15 is 0 Å². The lowest BCUT2D eigenvalue weighted by Gasteiger charge is -2.20. The molecule has 0 aliphatic heterocycles. The number of anilines is 1. The van der Waals surface area contributed by atoms with Gasteiger partial charge >= 0.3 is 12.0 Å². The predicted molar refractivity (Wildman–Crippen MR) is 75.8 cm³/mol. The number of urea groups is 1. The van der Waals surface area contributed by atoms with Crippen LogP contribution < -0.4 is 15.4 Å². The molecule has 1 aromatic rings. The highest BCUT2D eigenvalue weighted by molar-refractivity contribution is 5.92. The third-order valence-corrected chi connectivity index (χ3v) is 2.74. The van der Waals surface area contributed by atoms with Crippen LogP contribution in [0.4, 0.5) is 10.5 Å². The van der Waals surface area contributed by atoms with Gasteiger partial charge in [0.25, 0.3) is 0 Å². The van der Waals surface area contributed by atoms with Crippen LogP contribution in [0.1, 0.15) is 13.8 Å². The van der Waals surface area contributed by atoms with E-state index in [2.05, 4.69) is 15.4 Å². The van der Waals surface area contributed by atoms with Crippen molar-refractivity contribution in [2.45, 2.75) is 19.9 Å². The van der Waals surface area contributed by atoms with E-state index in [1.165, 1.54) is 7.11 Å². The largest absolute Gasteiger partial charge is 0.497 e. The maximum Gasteiger partial charge on any atom is 0.328 e. The van der Waals surface area contributed by atoms with Crippen LogP contribution >= 0.6 is 0 Å². The van der Waals surface area contributed by atoms with Crippen molar-refractivity contribution in [2.24, 2.45) is 5.92 Å². The molecule has 6 nitrogen and oxygen atoms in total. The number of nitrogens with one attached hydrogen (secondary N) is 2. The molecule has 0 spiro atoms. The van der Waals surface area contributed by atoms with Gasteiger partial charge in [-0.25, -0.2) is 9.59 Å². The minimum Gasteiger partial charge on any atom is -0.497 e. The molecule has 6 heteroatoms. The Bertz CT molecular complexity index is 474. The van der Waals surface area contributed by atoms with Gasteiger partial charge in [0.05, 0.1) is 14.2 Å². The SMILES string of the molecule is COC(=O)[C@@H](NC(=O)Nc1cccc(OC)c1)C(C)C. The fourth-order valence-corrected chi connectivity index (χ4v) is 1.63. The molecule has 1 atom stereocenters. The van der Waals surface area contributed by atoms with Gasteiger partial charge in [-0.15, -0.1) is 0 Å². The van der Waals surface area contributed by atoms with Gasteiger partial charge in [-0.3, -0.25) is 0 Å². The standard InChI is InChI=1S/C14H20N2O4/c1-9(2)12(13(17)20-4)16-14(18)15-10-6-5-7-11(8-10)19-3/h5-9,12H,1-4H3,(H2,15,16,18)/t12-/m0/s1. The molecule has 20 heavy (non-hydrogen) atoms. The molecule has 0 bridgehead atoms. The molecule has 0 unspecified atom stereocenters. The number of hydrogen-bond acceptors (Lipinski definition) is 4. The van der Waals surface area contributed by atoms with Crippen molar-refractivity contribution in [1.82, 2.24) is 5.32 Å². The van der Waals surface area contributed by atoms with Gasteiger partial charge in [0.2, 0.25) is 0 Å². The first-order valence-electron chi connectivity index (χ1n) is 6.27. The Labute approximate surface area is 118 Å². The topological polar surface area (TPSA) is 76.7 Å². The van der Waals surface area contributed by atoms with Crippen LogP contribution in [0.25, 0.3) is 0 Å². The first-order valence-corrected chi connectivity index (χ1v) is 6.27. The number of esters is 1. The Morgan fingerprint density at radius 3 is 2.45 bits per heavy atom. The molecule has 110 valence electrons. The summed E-state index contributed by atoms with van der Waals surface area (Å²) in [7, 11) is 2.84. The molecule has 0 radical (unpaired) electrons. The maximum absolute atomic E-state index is 11.9. The second-order valence-corrected chi connectivity index (χ2v) is 4.58. The summed E-state index contributed by atoms with van der Waals surface area (Å²) in [6.07, 6.45) is 0. The summed E-state index contributed by atoms with van der Waals surface area (Å²) in [6.45, 7) is 3.65. The van der Waals surface area contributed by atoms with Crippen molar-refractivity contribution < 1.29 is 19.1 Å². The van der Waals surface area contributed by atoms with Crippen LogP contribution in [-0.4, -0.2) is 32.3 Å². The predicted octanol–water partition coefficient (Wildman–Crippen LogP) is 2.01. The van der Waals surface area contributed by atoms with Crippen molar-refractivity contribution >= 4 is 17.7 Å². The number of carbonyl (C=O) groups is 2. The van der Waals surface area contributed by atoms with Crippen LogP contribution in [-0.2, 0) is 9.53 Å². The van der Waals surface area contributed by atoms with Gasteiger partial charge in [0, 0.05) is 11.8 Å². The quantitative estimate of drug-likeness (QED) is 0.809. The van der Waals surface area contributed by atoms with E-state index in [1.807, 2.05) is 13.8 Å². The molecule has 0 fully saturated rings. The second-order valence-electron chi connectivity index (χ2n) is 4.58. The Morgan fingerprint density at radius 1 is 1.20 bits per heavy atom. The van der Waals surface area contributed by atoms with Crippen LogP contribution in [0.5, 0.6) is 5.75 Å². The van der Waals surface area contributed by atoms with E-state index in [4.69, 9.17) is 4.74 Å². The zero-order chi connectivity index (χ0) is 15.1. The number of methoxy groups -OCH3 is 2. The third-order valence-electron chi connectivity index (χ3n) is 2.74. The number of rotatable bonds is 5. The average molecular weight is 280 g/mol. The molecule has 1 aromatic carbocycles. The first kappa shape index (κ1) is 15.8. The van der Waals surface area contributed by atoms with E-state index < -0.39 is 18.0 Å². The highest BCUT2D eigenvalue weighted by atomic mass is 16.5. The minimum absolute atomic E-state index is 0.0708. The second kappa shape index (κ2) is 7.37. The number of hydrogen-bond donors (Lipinski definition) is 2. The van der Waals surface area contributed by atoms with Crippen molar-refractivity contribution in [3.8, 4) is 5.75 Å². The third kappa shape index (κ3) is 4.46. The molecule has 0 aromatic heterocycles. The lowest BCUT2D eigenvalue weighted by molar-refractivity contribution is -0.143. The van der Waals surface area contributed by atoms with Crippen LogP contribution in [0.2, 0.25) is 0 Å². The first-order chi connectivity index (χ1) is 9.47. The molecule has 0 heterocycles. The molecule has 2 amide bonds. The Morgan fingerprint density at radius 2 is 1.90 bits per heavy atom. The minimum atomic E-state index is -0.689. The summed E-state index contributed by atoms with van der Waals surface area (Å²) in [4.78, 5) is 23.4. The Hall–Kier alpha value is -2.24. The molecular formula is C14H20N2O4. The maximum atomic E-state index is 11.9. The molecule has 2 N–H and O–H groups in total. The van der Waals surface area contributed by atoms with E-state index in [-0.39, 0.29) is 5.92 Å². The van der Waals surface area contributed by atoms with Gasteiger partial charge in [-0.05, 0) is 18.1 Å². The number of carbonyl (C=O) groups excluding carboxylic acids is 2. The van der Waals surface area contributed by atoms with E-state index in [0.717, 1.165) is 0 Å². The summed E-state index contributed by atoms with van der Waals surface area (Å²) in [5.41, 5.74) is 0.578. The highest BCUT2D eigenvalue weighted by Crippen LogP contribution is 2.16. The molecule has 0 saturated heterocycles. The zero-order valence-electron chi connectivity index (χ0n) is 12.1. The molecular weight excluding hydrogens is 260 g/mol. The Kier molecular flexibility index (Phi) is 5.83. The van der Waals surface area contributed by atoms with Crippen molar-refractivity contribution in [1.29, 1.82) is 0 Å². The van der Waals surface area contributed by atoms with Crippen LogP contribution in [0, 0.1) is 5.92 Å². The van der Waals surface area contributed by atoms with E-state index in [1.54, 1.807) is 31.4 Å². The lowest BCUT2D eigenvalue weighted by Crippen LogP contribution is -2.46. The Balaban J connectivity index is 2.68.